The van der Waals surface area contributed by atoms with E-state index >= 15 is 0 Å². The lowest BCUT2D eigenvalue weighted by Gasteiger charge is -2.29. The molecule has 0 saturated carbocycles. The zero-order chi connectivity index (χ0) is 24.9. The van der Waals surface area contributed by atoms with Crippen molar-refractivity contribution in [3.05, 3.63) is 101 Å². The largest absolute Gasteiger partial charge is 0.407 e. The molecule has 0 aliphatic heterocycles. The molecule has 2 N–H and O–H groups in total. The highest BCUT2D eigenvalue weighted by Crippen LogP contribution is 2.28. The van der Waals surface area contributed by atoms with Crippen LogP contribution in [0.4, 0.5) is 18.9 Å². The molecular weight excluding hydrogens is 461 g/mol. The fourth-order valence-corrected chi connectivity index (χ4v) is 4.52. The maximum Gasteiger partial charge on any atom is 0.407 e. The van der Waals surface area contributed by atoms with Gasteiger partial charge in [0.05, 0.1) is 10.9 Å². The first-order chi connectivity index (χ1) is 15.9. The van der Waals surface area contributed by atoms with Crippen molar-refractivity contribution < 1.29 is 21.6 Å². The quantitative estimate of drug-likeness (QED) is 0.408. The van der Waals surface area contributed by atoms with E-state index in [4.69, 9.17) is 0 Å². The Bertz CT molecular complexity index is 1220. The molecule has 0 heterocycles. The molecule has 34 heavy (non-hydrogen) atoms. The average Bonchev–Trinajstić information content (AvgIpc) is 2.77. The summed E-state index contributed by atoms with van der Waals surface area (Å²) in [7, 11) is -4.44. The van der Waals surface area contributed by atoms with Gasteiger partial charge in [-0.2, -0.15) is 17.9 Å². The van der Waals surface area contributed by atoms with Crippen molar-refractivity contribution in [2.45, 2.75) is 43.9 Å². The summed E-state index contributed by atoms with van der Waals surface area (Å²) >= 11 is 0. The predicted molar refractivity (Wildman–Crippen MR) is 130 cm³/mol. The van der Waals surface area contributed by atoms with Crippen molar-refractivity contribution in [1.82, 2.24) is 4.72 Å². The van der Waals surface area contributed by atoms with Crippen LogP contribution in [0.3, 0.4) is 0 Å². The van der Waals surface area contributed by atoms with Crippen LogP contribution in [0.1, 0.15) is 22.3 Å². The van der Waals surface area contributed by atoms with Crippen LogP contribution in [0.15, 0.2) is 83.8 Å². The third-order valence-electron chi connectivity index (χ3n) is 5.28. The molecule has 0 aliphatic carbocycles. The standard InChI is InChI=1S/C26H27F3N2O2S/c1-18-4-10-21(11-5-18)12-17-24(30-22-13-6-19(2)7-14-22)25(26(27,28)29)31-34(32,33)23-15-8-20(3)9-16-23/h4-17,24-25,30-31H,1-3H3/b17-12+/t24-,25+/m0/s1. The summed E-state index contributed by atoms with van der Waals surface area (Å²) in [6.07, 6.45) is -1.98. The number of sulfonamides is 1. The highest BCUT2D eigenvalue weighted by Gasteiger charge is 2.46. The molecule has 0 unspecified atom stereocenters. The molecule has 180 valence electrons. The van der Waals surface area contributed by atoms with Crippen LogP contribution in [0.5, 0.6) is 0 Å². The molecule has 3 aromatic carbocycles. The number of benzene rings is 3. The van der Waals surface area contributed by atoms with Crippen LogP contribution in [0.25, 0.3) is 6.08 Å². The van der Waals surface area contributed by atoms with E-state index in [9.17, 15) is 21.6 Å². The maximum atomic E-state index is 14.2. The van der Waals surface area contributed by atoms with E-state index in [0.717, 1.165) is 16.7 Å². The Morgan fingerprint density at radius 3 is 1.74 bits per heavy atom. The summed E-state index contributed by atoms with van der Waals surface area (Å²) in [5, 5.41) is 2.84. The van der Waals surface area contributed by atoms with E-state index in [1.54, 1.807) is 49.4 Å². The lowest BCUT2D eigenvalue weighted by Crippen LogP contribution is -2.54. The van der Waals surface area contributed by atoms with Gasteiger partial charge in [-0.3, -0.25) is 0 Å². The molecule has 8 heteroatoms. The Balaban J connectivity index is 1.99. The summed E-state index contributed by atoms with van der Waals surface area (Å²) < 4.78 is 70.3. The van der Waals surface area contributed by atoms with E-state index in [1.807, 2.05) is 30.7 Å². The fourth-order valence-electron chi connectivity index (χ4n) is 3.27. The Labute approximate surface area is 198 Å². The Kier molecular flexibility index (Phi) is 7.84. The molecule has 0 radical (unpaired) electrons. The van der Waals surface area contributed by atoms with Gasteiger partial charge >= 0.3 is 6.18 Å². The van der Waals surface area contributed by atoms with Crippen molar-refractivity contribution >= 4 is 21.8 Å². The molecule has 0 aromatic heterocycles. The van der Waals surface area contributed by atoms with Crippen molar-refractivity contribution in [1.29, 1.82) is 0 Å². The van der Waals surface area contributed by atoms with Gasteiger partial charge in [0.15, 0.2) is 0 Å². The Hall–Kier alpha value is -3.10. The van der Waals surface area contributed by atoms with Crippen LogP contribution in [0.2, 0.25) is 0 Å². The van der Waals surface area contributed by atoms with Gasteiger partial charge < -0.3 is 5.32 Å². The van der Waals surface area contributed by atoms with Crippen molar-refractivity contribution in [2.75, 3.05) is 5.32 Å². The van der Waals surface area contributed by atoms with Gasteiger partial charge in [0.25, 0.3) is 0 Å². The number of hydrogen-bond donors (Lipinski definition) is 2. The molecule has 0 saturated heterocycles. The number of anilines is 1. The van der Waals surface area contributed by atoms with E-state index in [0.29, 0.717) is 11.3 Å². The predicted octanol–water partition coefficient (Wildman–Crippen LogP) is 6.02. The van der Waals surface area contributed by atoms with Crippen LogP contribution < -0.4 is 10.0 Å². The number of hydrogen-bond acceptors (Lipinski definition) is 3. The molecule has 0 amide bonds. The topological polar surface area (TPSA) is 58.2 Å². The van der Waals surface area contributed by atoms with Gasteiger partial charge in [-0.15, -0.1) is 0 Å². The summed E-state index contributed by atoms with van der Waals surface area (Å²) in [5.74, 6) is 0. The maximum absolute atomic E-state index is 14.2. The third-order valence-corrected chi connectivity index (χ3v) is 6.74. The third kappa shape index (κ3) is 6.95. The van der Waals surface area contributed by atoms with Crippen molar-refractivity contribution in [2.24, 2.45) is 0 Å². The van der Waals surface area contributed by atoms with E-state index in [1.165, 1.54) is 30.3 Å². The fraction of sp³-hybridized carbons (Fsp3) is 0.231. The SMILES string of the molecule is Cc1ccc(/C=C/[C@H](Nc2ccc(C)cc2)[C@@H](NS(=O)(=O)c2ccc(C)cc2)C(F)(F)F)cc1. The Morgan fingerprint density at radius 1 is 0.765 bits per heavy atom. The highest BCUT2D eigenvalue weighted by atomic mass is 32.2. The highest BCUT2D eigenvalue weighted by molar-refractivity contribution is 7.89. The first kappa shape index (κ1) is 25.5. The summed E-state index contributed by atoms with van der Waals surface area (Å²) in [6, 6.07) is 15.9. The number of halogens is 3. The molecule has 0 aliphatic rings. The van der Waals surface area contributed by atoms with Crippen molar-refractivity contribution in [3.63, 3.8) is 0 Å². The first-order valence-corrected chi connectivity index (χ1v) is 12.2. The van der Waals surface area contributed by atoms with Crippen LogP contribution in [0, 0.1) is 20.8 Å². The monoisotopic (exact) mass is 488 g/mol. The second-order valence-electron chi connectivity index (χ2n) is 8.26. The number of nitrogens with one attached hydrogen (secondary N) is 2. The molecule has 3 aromatic rings. The molecule has 2 atom stereocenters. The minimum Gasteiger partial charge on any atom is -0.377 e. The van der Waals surface area contributed by atoms with Crippen LogP contribution in [-0.4, -0.2) is 26.7 Å². The number of alkyl halides is 3. The van der Waals surface area contributed by atoms with Crippen LogP contribution in [-0.2, 0) is 10.0 Å². The van der Waals surface area contributed by atoms with E-state index in [-0.39, 0.29) is 4.90 Å². The van der Waals surface area contributed by atoms with Gasteiger partial charge in [-0.25, -0.2) is 8.42 Å². The van der Waals surface area contributed by atoms with Gasteiger partial charge in [-0.1, -0.05) is 77.4 Å². The van der Waals surface area contributed by atoms with Gasteiger partial charge in [0.1, 0.15) is 6.04 Å². The number of aryl methyl sites for hydroxylation is 3. The second-order valence-corrected chi connectivity index (χ2v) is 9.97. The first-order valence-electron chi connectivity index (χ1n) is 10.7. The molecular formula is C26H27F3N2O2S. The zero-order valence-corrected chi connectivity index (χ0v) is 19.9. The Morgan fingerprint density at radius 2 is 1.24 bits per heavy atom. The zero-order valence-electron chi connectivity index (χ0n) is 19.1. The summed E-state index contributed by atoms with van der Waals surface area (Å²) in [6.45, 7) is 5.54. The molecule has 0 bridgehead atoms. The van der Waals surface area contributed by atoms with E-state index < -0.39 is 28.3 Å². The smallest absolute Gasteiger partial charge is 0.377 e. The van der Waals surface area contributed by atoms with Gasteiger partial charge in [0, 0.05) is 5.69 Å². The second kappa shape index (κ2) is 10.4. The van der Waals surface area contributed by atoms with Gasteiger partial charge in [-0.05, 0) is 50.6 Å². The molecule has 3 rings (SSSR count). The lowest BCUT2D eigenvalue weighted by atomic mass is 10.0. The minimum absolute atomic E-state index is 0.232. The van der Waals surface area contributed by atoms with Crippen LogP contribution >= 0.6 is 0 Å². The van der Waals surface area contributed by atoms with E-state index in [2.05, 4.69) is 5.32 Å². The summed E-state index contributed by atoms with van der Waals surface area (Å²) in [4.78, 5) is -0.232. The molecule has 0 fully saturated rings. The normalized spacial score (nSPS) is 14.2. The molecule has 4 nitrogen and oxygen atoms in total. The van der Waals surface area contributed by atoms with Gasteiger partial charge in [0.2, 0.25) is 10.0 Å². The molecule has 0 spiro atoms. The van der Waals surface area contributed by atoms with Crippen molar-refractivity contribution in [3.8, 4) is 0 Å². The number of rotatable bonds is 8. The lowest BCUT2D eigenvalue weighted by molar-refractivity contribution is -0.152. The minimum atomic E-state index is -4.86. The average molecular weight is 489 g/mol. The summed E-state index contributed by atoms with van der Waals surface area (Å²) in [5.41, 5.74) is 3.90.